The summed E-state index contributed by atoms with van der Waals surface area (Å²) in [5.41, 5.74) is 0. The number of hydrogen-bond acceptors (Lipinski definition) is 3. The van der Waals surface area contributed by atoms with Gasteiger partial charge in [-0.15, -0.1) is 11.3 Å². The molecule has 0 saturated heterocycles. The molecule has 0 aliphatic carbocycles. The first-order chi connectivity index (χ1) is 6.88. The van der Waals surface area contributed by atoms with Crippen LogP contribution in [0.25, 0.3) is 0 Å². The molecule has 2 aromatic rings. The lowest BCUT2D eigenvalue weighted by Gasteiger charge is -1.96. The fourth-order valence-electron chi connectivity index (χ4n) is 1.07. The third-order valence-corrected chi connectivity index (χ3v) is 3.81. The van der Waals surface area contributed by atoms with Gasteiger partial charge in [0.1, 0.15) is 5.75 Å². The quantitative estimate of drug-likeness (QED) is 0.778. The average molecular weight is 222 g/mol. The molecule has 0 atom stereocenters. The van der Waals surface area contributed by atoms with Crippen molar-refractivity contribution >= 4 is 23.1 Å². The van der Waals surface area contributed by atoms with Crippen LogP contribution >= 0.6 is 23.1 Å². The van der Waals surface area contributed by atoms with Crippen LogP contribution in [0.15, 0.2) is 50.9 Å². The highest BCUT2D eigenvalue weighted by Gasteiger charge is 2.01. The lowest BCUT2D eigenvalue weighted by molar-refractivity contribution is 0.416. The summed E-state index contributed by atoms with van der Waals surface area (Å²) in [6.07, 6.45) is 0. The second-order valence-electron chi connectivity index (χ2n) is 2.72. The molecule has 0 aliphatic rings. The van der Waals surface area contributed by atoms with Gasteiger partial charge in [-0.05, 0) is 12.1 Å². The summed E-state index contributed by atoms with van der Waals surface area (Å²) in [4.78, 5) is 1.26. The van der Waals surface area contributed by atoms with E-state index in [0.29, 0.717) is 0 Å². The van der Waals surface area contributed by atoms with Crippen molar-refractivity contribution in [2.45, 2.75) is 9.10 Å². The van der Waals surface area contributed by atoms with Crippen LogP contribution in [0.5, 0.6) is 5.75 Å². The highest BCUT2D eigenvalue weighted by molar-refractivity contribution is 8.01. The van der Waals surface area contributed by atoms with Crippen molar-refractivity contribution in [3.63, 3.8) is 0 Å². The van der Waals surface area contributed by atoms with Crippen LogP contribution in [0.1, 0.15) is 0 Å². The summed E-state index contributed by atoms with van der Waals surface area (Å²) < 4.78 is 6.39. The maximum absolute atomic E-state index is 5.13. The standard InChI is InChI=1S/C11H10OS2/c1-12-9-7-11(13-8-9)14-10-5-3-2-4-6-10/h2-8H,1H3. The highest BCUT2D eigenvalue weighted by atomic mass is 32.2. The molecule has 72 valence electrons. The van der Waals surface area contributed by atoms with Gasteiger partial charge in [-0.1, -0.05) is 30.0 Å². The zero-order chi connectivity index (χ0) is 9.80. The molecule has 0 aliphatic heterocycles. The van der Waals surface area contributed by atoms with Crippen molar-refractivity contribution < 1.29 is 4.74 Å². The molecular weight excluding hydrogens is 212 g/mol. The van der Waals surface area contributed by atoms with Crippen LogP contribution in [0.2, 0.25) is 0 Å². The summed E-state index contributed by atoms with van der Waals surface area (Å²) >= 11 is 3.47. The summed E-state index contributed by atoms with van der Waals surface area (Å²) in [6, 6.07) is 12.4. The maximum Gasteiger partial charge on any atom is 0.130 e. The number of methoxy groups -OCH3 is 1. The zero-order valence-corrected chi connectivity index (χ0v) is 9.40. The van der Waals surface area contributed by atoms with Crippen LogP contribution in [0.3, 0.4) is 0 Å². The Balaban J connectivity index is 2.11. The largest absolute Gasteiger partial charge is 0.496 e. The van der Waals surface area contributed by atoms with E-state index in [1.54, 1.807) is 30.2 Å². The first-order valence-corrected chi connectivity index (χ1v) is 5.93. The van der Waals surface area contributed by atoms with Gasteiger partial charge in [0, 0.05) is 16.3 Å². The van der Waals surface area contributed by atoms with Crippen molar-refractivity contribution in [2.24, 2.45) is 0 Å². The third-order valence-electron chi connectivity index (χ3n) is 1.75. The fraction of sp³-hybridized carbons (Fsp3) is 0.0909. The molecule has 0 radical (unpaired) electrons. The molecule has 14 heavy (non-hydrogen) atoms. The number of ether oxygens (including phenoxy) is 1. The molecule has 2 rings (SSSR count). The Kier molecular flexibility index (Phi) is 3.11. The summed E-state index contributed by atoms with van der Waals surface area (Å²) in [5, 5.41) is 2.02. The molecule has 1 heterocycles. The van der Waals surface area contributed by atoms with Gasteiger partial charge in [-0.3, -0.25) is 0 Å². The predicted molar refractivity (Wildman–Crippen MR) is 61.4 cm³/mol. The summed E-state index contributed by atoms with van der Waals surface area (Å²) in [6.45, 7) is 0. The lowest BCUT2D eigenvalue weighted by atomic mass is 10.4. The molecule has 0 bridgehead atoms. The molecule has 1 aromatic carbocycles. The van der Waals surface area contributed by atoms with Crippen molar-refractivity contribution in [2.75, 3.05) is 7.11 Å². The minimum atomic E-state index is 0.938. The van der Waals surface area contributed by atoms with E-state index in [2.05, 4.69) is 18.2 Å². The molecule has 1 aromatic heterocycles. The Labute approximate surface area is 91.7 Å². The zero-order valence-electron chi connectivity index (χ0n) is 7.77. The smallest absolute Gasteiger partial charge is 0.130 e. The Hall–Kier alpha value is -0.930. The molecule has 0 saturated carbocycles. The number of thiophene rings is 1. The van der Waals surface area contributed by atoms with Crippen LogP contribution in [0, 0.1) is 0 Å². The van der Waals surface area contributed by atoms with Crippen molar-refractivity contribution in [3.8, 4) is 5.75 Å². The average Bonchev–Trinajstić information content (AvgIpc) is 2.67. The van der Waals surface area contributed by atoms with Crippen LogP contribution in [-0.2, 0) is 0 Å². The Bertz CT molecular complexity index is 395. The first kappa shape index (κ1) is 9.62. The van der Waals surface area contributed by atoms with Gasteiger partial charge in [0.15, 0.2) is 0 Å². The van der Waals surface area contributed by atoms with Crippen molar-refractivity contribution in [1.29, 1.82) is 0 Å². The number of benzene rings is 1. The molecule has 1 nitrogen and oxygen atoms in total. The molecule has 0 fully saturated rings. The van der Waals surface area contributed by atoms with E-state index in [0.717, 1.165) is 5.75 Å². The molecule has 0 spiro atoms. The van der Waals surface area contributed by atoms with Gasteiger partial charge in [-0.2, -0.15) is 0 Å². The topological polar surface area (TPSA) is 9.23 Å². The third kappa shape index (κ3) is 2.30. The van der Waals surface area contributed by atoms with E-state index in [4.69, 9.17) is 4.74 Å². The Morgan fingerprint density at radius 1 is 1.21 bits per heavy atom. The van der Waals surface area contributed by atoms with Crippen molar-refractivity contribution in [3.05, 3.63) is 41.8 Å². The number of hydrogen-bond donors (Lipinski definition) is 0. The van der Waals surface area contributed by atoms with E-state index >= 15 is 0 Å². The molecule has 3 heteroatoms. The molecule has 0 N–H and O–H groups in total. The van der Waals surface area contributed by atoms with E-state index in [1.165, 1.54) is 9.10 Å². The van der Waals surface area contributed by atoms with E-state index in [1.807, 2.05) is 23.6 Å². The second-order valence-corrected chi connectivity index (χ2v) is 5.01. The van der Waals surface area contributed by atoms with Gasteiger partial charge in [0.2, 0.25) is 0 Å². The lowest BCUT2D eigenvalue weighted by Crippen LogP contribution is -1.75. The fourth-order valence-corrected chi connectivity index (χ4v) is 2.97. The minimum absolute atomic E-state index is 0.938. The normalized spacial score (nSPS) is 10.1. The monoisotopic (exact) mass is 222 g/mol. The first-order valence-electron chi connectivity index (χ1n) is 4.24. The van der Waals surface area contributed by atoms with E-state index in [9.17, 15) is 0 Å². The molecular formula is C11H10OS2. The summed E-state index contributed by atoms with van der Waals surface area (Å²) in [7, 11) is 1.69. The second kappa shape index (κ2) is 4.53. The Morgan fingerprint density at radius 2 is 2.00 bits per heavy atom. The number of rotatable bonds is 3. The van der Waals surface area contributed by atoms with Crippen molar-refractivity contribution in [1.82, 2.24) is 0 Å². The van der Waals surface area contributed by atoms with Crippen LogP contribution < -0.4 is 4.74 Å². The molecule has 0 amide bonds. The highest BCUT2D eigenvalue weighted by Crippen LogP contribution is 2.34. The molecule has 0 unspecified atom stereocenters. The minimum Gasteiger partial charge on any atom is -0.496 e. The van der Waals surface area contributed by atoms with Crippen LogP contribution in [0.4, 0.5) is 0 Å². The van der Waals surface area contributed by atoms with Gasteiger partial charge < -0.3 is 4.74 Å². The Morgan fingerprint density at radius 3 is 2.64 bits per heavy atom. The van der Waals surface area contributed by atoms with Gasteiger partial charge in [0.25, 0.3) is 0 Å². The summed E-state index contributed by atoms with van der Waals surface area (Å²) in [5.74, 6) is 0.938. The van der Waals surface area contributed by atoms with Gasteiger partial charge in [0.05, 0.1) is 11.3 Å². The van der Waals surface area contributed by atoms with Gasteiger partial charge in [-0.25, -0.2) is 0 Å². The van der Waals surface area contributed by atoms with Gasteiger partial charge >= 0.3 is 0 Å². The predicted octanol–water partition coefficient (Wildman–Crippen LogP) is 3.91. The maximum atomic E-state index is 5.13. The van der Waals surface area contributed by atoms with Crippen LogP contribution in [-0.4, -0.2) is 7.11 Å². The SMILES string of the molecule is COc1csc(Sc2ccccc2)c1. The van der Waals surface area contributed by atoms with E-state index in [-0.39, 0.29) is 0 Å². The van der Waals surface area contributed by atoms with E-state index < -0.39 is 0 Å².